The fourth-order valence-corrected chi connectivity index (χ4v) is 1.10. The van der Waals surface area contributed by atoms with Gasteiger partial charge in [0.2, 0.25) is 5.91 Å². The summed E-state index contributed by atoms with van der Waals surface area (Å²) in [5, 5.41) is 2.11. The Morgan fingerprint density at radius 2 is 1.57 bits per heavy atom. The van der Waals surface area contributed by atoms with E-state index >= 15 is 0 Å². The van der Waals surface area contributed by atoms with Gasteiger partial charge in [0.25, 0.3) is 0 Å². The fraction of sp³-hybridized carbons (Fsp3) is 0.0833. The number of hydrogen-bond acceptors (Lipinski definition) is 4. The molecule has 0 spiro atoms. The average Bonchev–Trinajstić information content (AvgIpc) is 2.38. The van der Waals surface area contributed by atoms with Gasteiger partial charge in [-0.1, -0.05) is 0 Å². The van der Waals surface area contributed by atoms with Crippen LogP contribution in [0.15, 0.2) is 24.5 Å². The Morgan fingerprint density at radius 1 is 1.05 bits per heavy atom. The average molecular weight is 302 g/mol. The molecule has 5 nitrogen and oxygen atoms in total. The maximum atomic E-state index is 12.7. The van der Waals surface area contributed by atoms with Crippen molar-refractivity contribution >= 4 is 17.5 Å². The quantitative estimate of drug-likeness (QED) is 0.792. The number of halogens is 4. The van der Waals surface area contributed by atoms with Crippen molar-refractivity contribution in [2.45, 2.75) is 6.92 Å². The highest BCUT2D eigenvalue weighted by Crippen LogP contribution is 2.10. The number of carbonyl (C=O) groups is 1. The van der Waals surface area contributed by atoms with Gasteiger partial charge in [-0.2, -0.15) is 0 Å². The van der Waals surface area contributed by atoms with Crippen molar-refractivity contribution in [2.24, 2.45) is 0 Å². The molecule has 0 fully saturated rings. The third-order valence-electron chi connectivity index (χ3n) is 1.94. The Hall–Kier alpha value is -2.71. The van der Waals surface area contributed by atoms with Crippen molar-refractivity contribution in [3.63, 3.8) is 0 Å². The van der Waals surface area contributed by atoms with Crippen LogP contribution in [0.2, 0.25) is 0 Å². The Morgan fingerprint density at radius 3 is 2.00 bits per heavy atom. The predicted octanol–water partition coefficient (Wildman–Crippen LogP) is 2.26. The normalized spacial score (nSPS) is 9.57. The molecule has 2 rings (SSSR count). The maximum Gasteiger partial charge on any atom is 0.222 e. The summed E-state index contributed by atoms with van der Waals surface area (Å²) in [7, 11) is 0. The number of rotatable bonds is 1. The summed E-state index contributed by atoms with van der Waals surface area (Å²) in [4.78, 5) is 17.0. The molecule has 2 aromatic heterocycles. The molecular formula is C12H10F4N4O. The molecule has 0 unspecified atom stereocenters. The van der Waals surface area contributed by atoms with Gasteiger partial charge in [0.05, 0.1) is 12.4 Å². The van der Waals surface area contributed by atoms with E-state index in [0.29, 0.717) is 12.1 Å². The summed E-state index contributed by atoms with van der Waals surface area (Å²) < 4.78 is 49.1. The molecule has 0 aliphatic heterocycles. The van der Waals surface area contributed by atoms with Crippen LogP contribution in [0.1, 0.15) is 6.92 Å². The van der Waals surface area contributed by atoms with Crippen molar-refractivity contribution in [3.05, 3.63) is 47.8 Å². The van der Waals surface area contributed by atoms with Crippen LogP contribution in [0.4, 0.5) is 29.2 Å². The Balaban J connectivity index is 0.000000219. The summed E-state index contributed by atoms with van der Waals surface area (Å²) in [5.74, 6) is -4.20. The molecule has 0 atom stereocenters. The summed E-state index contributed by atoms with van der Waals surface area (Å²) in [6.07, 6.45) is 1.69. The van der Waals surface area contributed by atoms with Gasteiger partial charge in [0.15, 0.2) is 23.3 Å². The molecule has 2 aromatic rings. The van der Waals surface area contributed by atoms with E-state index in [0.717, 1.165) is 12.4 Å². The lowest BCUT2D eigenvalue weighted by molar-refractivity contribution is -0.114. The molecule has 1 amide bonds. The van der Waals surface area contributed by atoms with Crippen LogP contribution >= 0.6 is 0 Å². The molecule has 3 N–H and O–H groups in total. The van der Waals surface area contributed by atoms with E-state index in [9.17, 15) is 22.4 Å². The zero-order valence-corrected chi connectivity index (χ0v) is 10.7. The second kappa shape index (κ2) is 7.17. The number of anilines is 2. The van der Waals surface area contributed by atoms with Crippen LogP contribution < -0.4 is 11.1 Å². The molecule has 0 bridgehead atoms. The number of nitrogens with two attached hydrogens (primary N) is 1. The third kappa shape index (κ3) is 5.43. The number of amides is 1. The second-order valence-corrected chi connectivity index (χ2v) is 3.69. The van der Waals surface area contributed by atoms with Crippen molar-refractivity contribution < 1.29 is 22.4 Å². The maximum absolute atomic E-state index is 12.7. The SMILES string of the molecule is CC(=O)Nc1ncc(F)cc1F.Nc1ncc(F)cc1F. The van der Waals surface area contributed by atoms with Crippen LogP contribution in [0.3, 0.4) is 0 Å². The van der Waals surface area contributed by atoms with E-state index in [1.54, 1.807) is 0 Å². The van der Waals surface area contributed by atoms with Crippen LogP contribution in [0, 0.1) is 23.3 Å². The fourth-order valence-electron chi connectivity index (χ4n) is 1.10. The summed E-state index contributed by atoms with van der Waals surface area (Å²) in [6.45, 7) is 1.21. The topological polar surface area (TPSA) is 80.9 Å². The van der Waals surface area contributed by atoms with E-state index < -0.39 is 29.2 Å². The first-order chi connectivity index (χ1) is 9.79. The molecule has 21 heavy (non-hydrogen) atoms. The van der Waals surface area contributed by atoms with E-state index in [4.69, 9.17) is 5.73 Å². The zero-order chi connectivity index (χ0) is 16.0. The highest BCUT2D eigenvalue weighted by Gasteiger charge is 2.05. The van der Waals surface area contributed by atoms with Crippen LogP contribution in [0.25, 0.3) is 0 Å². The van der Waals surface area contributed by atoms with Crippen molar-refractivity contribution in [2.75, 3.05) is 11.1 Å². The third-order valence-corrected chi connectivity index (χ3v) is 1.94. The summed E-state index contributed by atoms with van der Waals surface area (Å²) in [5.41, 5.74) is 4.94. The first kappa shape index (κ1) is 16.3. The highest BCUT2D eigenvalue weighted by molar-refractivity contribution is 5.87. The van der Waals surface area contributed by atoms with Crippen LogP contribution in [-0.4, -0.2) is 15.9 Å². The number of aromatic nitrogens is 2. The Bertz CT molecular complexity index is 651. The summed E-state index contributed by atoms with van der Waals surface area (Å²) >= 11 is 0. The smallest absolute Gasteiger partial charge is 0.222 e. The largest absolute Gasteiger partial charge is 0.381 e. The Kier molecular flexibility index (Phi) is 5.58. The van der Waals surface area contributed by atoms with E-state index in [1.807, 2.05) is 0 Å². The first-order valence-electron chi connectivity index (χ1n) is 5.44. The van der Waals surface area contributed by atoms with Gasteiger partial charge < -0.3 is 11.1 Å². The van der Waals surface area contributed by atoms with Gasteiger partial charge in [0.1, 0.15) is 11.6 Å². The minimum absolute atomic E-state index is 0.260. The van der Waals surface area contributed by atoms with Gasteiger partial charge in [-0.3, -0.25) is 4.79 Å². The predicted molar refractivity (Wildman–Crippen MR) is 67.0 cm³/mol. The Labute approximate surface area is 116 Å². The van der Waals surface area contributed by atoms with Gasteiger partial charge in [-0.25, -0.2) is 27.5 Å². The highest BCUT2D eigenvalue weighted by atomic mass is 19.1. The number of carbonyl (C=O) groups excluding carboxylic acids is 1. The molecule has 2 heterocycles. The van der Waals surface area contributed by atoms with E-state index in [1.165, 1.54) is 6.92 Å². The molecule has 0 saturated heterocycles. The van der Waals surface area contributed by atoms with Crippen molar-refractivity contribution in [3.8, 4) is 0 Å². The minimum Gasteiger partial charge on any atom is -0.381 e. The molecule has 0 saturated carbocycles. The van der Waals surface area contributed by atoms with Crippen molar-refractivity contribution in [1.29, 1.82) is 0 Å². The molecule has 9 heteroatoms. The lowest BCUT2D eigenvalue weighted by Crippen LogP contribution is -2.09. The zero-order valence-electron chi connectivity index (χ0n) is 10.7. The number of nitrogen functional groups attached to an aromatic ring is 1. The van der Waals surface area contributed by atoms with Gasteiger partial charge in [0, 0.05) is 19.1 Å². The molecular weight excluding hydrogens is 292 g/mol. The monoisotopic (exact) mass is 302 g/mol. The first-order valence-corrected chi connectivity index (χ1v) is 5.44. The summed E-state index contributed by atoms with van der Waals surface area (Å²) in [6, 6.07) is 1.33. The molecule has 0 aliphatic rings. The van der Waals surface area contributed by atoms with E-state index in [2.05, 4.69) is 15.3 Å². The lowest BCUT2D eigenvalue weighted by atomic mass is 10.4. The number of pyridine rings is 2. The van der Waals surface area contributed by atoms with Gasteiger partial charge in [-0.05, 0) is 0 Å². The molecule has 0 aliphatic carbocycles. The molecule has 0 radical (unpaired) electrons. The van der Waals surface area contributed by atoms with Gasteiger partial charge in [-0.15, -0.1) is 0 Å². The standard InChI is InChI=1S/C7H6F2N2O.C5H4F2N2/c1-4(12)11-7-6(9)2-5(8)3-10-7;6-3-1-4(7)5(8)9-2-3/h2-3H,1H3,(H,10,11,12);1-2H,(H2,8,9). The lowest BCUT2D eigenvalue weighted by Gasteiger charge is -2.00. The minimum atomic E-state index is -0.884. The van der Waals surface area contributed by atoms with Crippen molar-refractivity contribution in [1.82, 2.24) is 9.97 Å². The van der Waals surface area contributed by atoms with Crippen LogP contribution in [0.5, 0.6) is 0 Å². The number of hydrogen-bond donors (Lipinski definition) is 2. The molecule has 112 valence electrons. The van der Waals surface area contributed by atoms with Gasteiger partial charge >= 0.3 is 0 Å². The molecule has 0 aromatic carbocycles. The number of nitrogens with zero attached hydrogens (tertiary/aromatic N) is 2. The van der Waals surface area contributed by atoms with Crippen LogP contribution in [-0.2, 0) is 4.79 Å². The number of nitrogens with one attached hydrogen (secondary N) is 1. The van der Waals surface area contributed by atoms with E-state index in [-0.39, 0.29) is 11.6 Å². The second-order valence-electron chi connectivity index (χ2n) is 3.69.